The molecule has 0 aliphatic heterocycles. The molecule has 0 spiro atoms. The van der Waals surface area contributed by atoms with Crippen molar-refractivity contribution in [3.05, 3.63) is 53.9 Å². The first kappa shape index (κ1) is 11.1. The number of aromatic nitrogens is 1. The Kier molecular flexibility index (Phi) is 2.89. The van der Waals surface area contributed by atoms with Gasteiger partial charge in [-0.05, 0) is 48.7 Å². The fraction of sp³-hybridized carbons (Fsp3) is 0.267. The molecule has 2 aromatic rings. The number of hydrogen-bond donors (Lipinski definition) is 1. The second kappa shape index (κ2) is 4.69. The lowest BCUT2D eigenvalue weighted by molar-refractivity contribution is 0.415. The van der Waals surface area contributed by atoms with Crippen molar-refractivity contribution in [2.45, 2.75) is 18.9 Å². The van der Waals surface area contributed by atoms with E-state index in [1.54, 1.807) is 7.11 Å². The smallest absolute Gasteiger partial charge is 0.119 e. The molecule has 3 rings (SSSR count). The van der Waals surface area contributed by atoms with Crippen LogP contribution in [0.4, 0.5) is 5.69 Å². The number of benzene rings is 1. The van der Waals surface area contributed by atoms with Crippen molar-refractivity contribution < 1.29 is 4.74 Å². The van der Waals surface area contributed by atoms with Crippen LogP contribution in [0.2, 0.25) is 0 Å². The molecule has 3 heteroatoms. The Morgan fingerprint density at radius 3 is 2.83 bits per heavy atom. The molecule has 1 N–H and O–H groups in total. The summed E-state index contributed by atoms with van der Waals surface area (Å²) in [7, 11) is 1.68. The maximum Gasteiger partial charge on any atom is 0.119 e. The first-order valence-corrected chi connectivity index (χ1v) is 6.21. The van der Waals surface area contributed by atoms with Crippen molar-refractivity contribution in [3.63, 3.8) is 0 Å². The van der Waals surface area contributed by atoms with E-state index in [2.05, 4.69) is 16.4 Å². The molecule has 0 bridgehead atoms. The van der Waals surface area contributed by atoms with E-state index in [-0.39, 0.29) is 0 Å². The normalized spacial score (nSPS) is 17.3. The zero-order valence-electron chi connectivity index (χ0n) is 10.4. The summed E-state index contributed by atoms with van der Waals surface area (Å²) in [5.41, 5.74) is 3.66. The van der Waals surface area contributed by atoms with Gasteiger partial charge in [0.25, 0.3) is 0 Å². The monoisotopic (exact) mass is 240 g/mol. The first-order chi connectivity index (χ1) is 8.86. The number of anilines is 1. The van der Waals surface area contributed by atoms with E-state index in [1.165, 1.54) is 11.3 Å². The summed E-state index contributed by atoms with van der Waals surface area (Å²) in [6.45, 7) is 0. The minimum Gasteiger partial charge on any atom is -0.497 e. The highest BCUT2D eigenvalue weighted by Crippen LogP contribution is 2.32. The fourth-order valence-corrected chi connectivity index (χ4v) is 2.44. The third kappa shape index (κ3) is 2.04. The van der Waals surface area contributed by atoms with Gasteiger partial charge in [0.15, 0.2) is 0 Å². The Balaban J connectivity index is 1.77. The third-order valence-electron chi connectivity index (χ3n) is 3.39. The van der Waals surface area contributed by atoms with Crippen LogP contribution >= 0.6 is 0 Å². The topological polar surface area (TPSA) is 34.1 Å². The van der Waals surface area contributed by atoms with E-state index >= 15 is 0 Å². The number of ether oxygens (including phenoxy) is 1. The quantitative estimate of drug-likeness (QED) is 0.894. The Bertz CT molecular complexity index is 536. The number of fused-ring (bicyclic) bond motifs is 1. The number of rotatable bonds is 3. The number of methoxy groups -OCH3 is 1. The van der Waals surface area contributed by atoms with E-state index < -0.39 is 0 Å². The zero-order valence-corrected chi connectivity index (χ0v) is 10.4. The molecule has 1 aromatic heterocycles. The summed E-state index contributed by atoms with van der Waals surface area (Å²) >= 11 is 0. The standard InChI is InChI=1S/C15H16N2O/c1-18-13-7-5-12(6-8-13)17-14-9-4-11-3-2-10-16-15(11)14/h2-3,5-8,10,14,17H,4,9H2,1H3. The Morgan fingerprint density at radius 1 is 1.22 bits per heavy atom. The lowest BCUT2D eigenvalue weighted by Gasteiger charge is -2.14. The van der Waals surface area contributed by atoms with E-state index in [0.29, 0.717) is 6.04 Å². The lowest BCUT2D eigenvalue weighted by Crippen LogP contribution is -2.08. The van der Waals surface area contributed by atoms with Gasteiger partial charge in [0, 0.05) is 11.9 Å². The van der Waals surface area contributed by atoms with Crippen molar-refractivity contribution in [1.82, 2.24) is 4.98 Å². The number of nitrogens with zero attached hydrogens (tertiary/aromatic N) is 1. The summed E-state index contributed by atoms with van der Waals surface area (Å²) in [6, 6.07) is 12.5. The van der Waals surface area contributed by atoms with Gasteiger partial charge >= 0.3 is 0 Å². The predicted molar refractivity (Wildman–Crippen MR) is 71.9 cm³/mol. The lowest BCUT2D eigenvalue weighted by atomic mass is 10.2. The minimum atomic E-state index is 0.328. The molecule has 1 atom stereocenters. The van der Waals surface area contributed by atoms with Crippen molar-refractivity contribution in [1.29, 1.82) is 0 Å². The summed E-state index contributed by atoms with van der Waals surface area (Å²) < 4.78 is 5.16. The number of pyridine rings is 1. The van der Waals surface area contributed by atoms with Crippen LogP contribution in [0.25, 0.3) is 0 Å². The molecule has 1 aliphatic rings. The largest absolute Gasteiger partial charge is 0.497 e. The molecule has 0 fully saturated rings. The van der Waals surface area contributed by atoms with Gasteiger partial charge in [-0.3, -0.25) is 4.98 Å². The summed E-state index contributed by atoms with van der Waals surface area (Å²) in [4.78, 5) is 4.48. The first-order valence-electron chi connectivity index (χ1n) is 6.21. The van der Waals surface area contributed by atoms with Crippen molar-refractivity contribution >= 4 is 5.69 Å². The van der Waals surface area contributed by atoms with Gasteiger partial charge < -0.3 is 10.1 Å². The van der Waals surface area contributed by atoms with E-state index in [9.17, 15) is 0 Å². The minimum absolute atomic E-state index is 0.328. The average molecular weight is 240 g/mol. The second-order valence-electron chi connectivity index (χ2n) is 4.51. The highest BCUT2D eigenvalue weighted by molar-refractivity contribution is 5.49. The highest BCUT2D eigenvalue weighted by atomic mass is 16.5. The Hall–Kier alpha value is -2.03. The van der Waals surface area contributed by atoms with E-state index in [4.69, 9.17) is 4.74 Å². The number of hydrogen-bond acceptors (Lipinski definition) is 3. The van der Waals surface area contributed by atoms with E-state index in [1.807, 2.05) is 36.5 Å². The second-order valence-corrected chi connectivity index (χ2v) is 4.51. The highest BCUT2D eigenvalue weighted by Gasteiger charge is 2.22. The SMILES string of the molecule is COc1ccc(NC2CCc3cccnc32)cc1. The molecule has 0 saturated heterocycles. The van der Waals surface area contributed by atoms with Crippen molar-refractivity contribution in [3.8, 4) is 5.75 Å². The van der Waals surface area contributed by atoms with Crippen LogP contribution in [0.15, 0.2) is 42.6 Å². The predicted octanol–water partition coefficient (Wildman–Crippen LogP) is 3.19. The maximum absolute atomic E-state index is 5.16. The molecule has 0 radical (unpaired) electrons. The average Bonchev–Trinajstić information content (AvgIpc) is 2.83. The van der Waals surface area contributed by atoms with E-state index in [0.717, 1.165) is 24.3 Å². The number of nitrogens with one attached hydrogen (secondary N) is 1. The van der Waals surface area contributed by atoms with Crippen LogP contribution in [0.3, 0.4) is 0 Å². The third-order valence-corrected chi connectivity index (χ3v) is 3.39. The van der Waals surface area contributed by atoms with Gasteiger partial charge in [-0.2, -0.15) is 0 Å². The van der Waals surface area contributed by atoms with Crippen molar-refractivity contribution in [2.24, 2.45) is 0 Å². The van der Waals surface area contributed by atoms with Gasteiger partial charge in [0.1, 0.15) is 5.75 Å². The Labute approximate surface area is 107 Å². The molecule has 1 unspecified atom stereocenters. The van der Waals surface area contributed by atoms with Crippen LogP contribution in [-0.4, -0.2) is 12.1 Å². The molecule has 1 heterocycles. The Morgan fingerprint density at radius 2 is 2.06 bits per heavy atom. The molecule has 1 aromatic carbocycles. The fourth-order valence-electron chi connectivity index (χ4n) is 2.44. The molecule has 0 saturated carbocycles. The van der Waals surface area contributed by atoms with Crippen LogP contribution in [-0.2, 0) is 6.42 Å². The van der Waals surface area contributed by atoms with Crippen LogP contribution in [0.1, 0.15) is 23.7 Å². The molecular formula is C15H16N2O. The van der Waals surface area contributed by atoms with Gasteiger partial charge in [0.05, 0.1) is 18.8 Å². The van der Waals surface area contributed by atoms with Crippen LogP contribution in [0, 0.1) is 0 Å². The molecular weight excluding hydrogens is 224 g/mol. The summed E-state index contributed by atoms with van der Waals surface area (Å²) in [5.74, 6) is 0.880. The number of aryl methyl sites for hydroxylation is 1. The van der Waals surface area contributed by atoms with Gasteiger partial charge in [-0.1, -0.05) is 6.07 Å². The molecule has 1 aliphatic carbocycles. The van der Waals surface area contributed by atoms with Crippen molar-refractivity contribution in [2.75, 3.05) is 12.4 Å². The zero-order chi connectivity index (χ0) is 12.4. The van der Waals surface area contributed by atoms with Gasteiger partial charge in [0.2, 0.25) is 0 Å². The molecule has 92 valence electrons. The summed E-state index contributed by atoms with van der Waals surface area (Å²) in [6.07, 6.45) is 4.09. The summed E-state index contributed by atoms with van der Waals surface area (Å²) in [5, 5.41) is 3.53. The van der Waals surface area contributed by atoms with Gasteiger partial charge in [-0.15, -0.1) is 0 Å². The van der Waals surface area contributed by atoms with Gasteiger partial charge in [-0.25, -0.2) is 0 Å². The van der Waals surface area contributed by atoms with Crippen LogP contribution in [0.5, 0.6) is 5.75 Å². The maximum atomic E-state index is 5.16. The molecule has 0 amide bonds. The van der Waals surface area contributed by atoms with Crippen LogP contribution < -0.4 is 10.1 Å². The molecule has 3 nitrogen and oxygen atoms in total. The molecule has 18 heavy (non-hydrogen) atoms.